The fourth-order valence-corrected chi connectivity index (χ4v) is 2.64. The van der Waals surface area contributed by atoms with Gasteiger partial charge >= 0.3 is 5.97 Å². The van der Waals surface area contributed by atoms with E-state index in [1.54, 1.807) is 19.1 Å². The molecule has 2 rings (SSSR count). The van der Waals surface area contributed by atoms with E-state index in [-0.39, 0.29) is 5.97 Å². The molecule has 0 bridgehead atoms. The molecular weight excluding hydrogens is 252 g/mol. The maximum absolute atomic E-state index is 12.0. The van der Waals surface area contributed by atoms with Gasteiger partial charge in [-0.3, -0.25) is 0 Å². The zero-order valence-electron chi connectivity index (χ0n) is 12.4. The fraction of sp³-hybridized carbons (Fsp3) is 0.562. The Kier molecular flexibility index (Phi) is 4.53. The zero-order valence-corrected chi connectivity index (χ0v) is 12.4. The average Bonchev–Trinajstić information content (AvgIpc) is 3.18. The summed E-state index contributed by atoms with van der Waals surface area (Å²) < 4.78 is 5.08. The summed E-state index contributed by atoms with van der Waals surface area (Å²) in [5, 5.41) is 3.38. The van der Waals surface area contributed by atoms with Gasteiger partial charge in [0.2, 0.25) is 0 Å². The standard InChI is InChI=1S/C16H24N2O2/c1-3-8-16(9-10-16)11-18-14-12(15(19)20-4-2)6-5-7-13(14)17/h5-7,18H,3-4,8-11,17H2,1-2H3. The molecule has 110 valence electrons. The van der Waals surface area contributed by atoms with Crippen molar-refractivity contribution in [2.24, 2.45) is 5.41 Å². The Morgan fingerprint density at radius 1 is 1.40 bits per heavy atom. The van der Waals surface area contributed by atoms with Gasteiger partial charge in [0.15, 0.2) is 0 Å². The van der Waals surface area contributed by atoms with Gasteiger partial charge in [-0.05, 0) is 43.7 Å². The lowest BCUT2D eigenvalue weighted by atomic mass is 10.0. The number of esters is 1. The number of ether oxygens (including phenoxy) is 1. The van der Waals surface area contributed by atoms with Crippen molar-refractivity contribution >= 4 is 17.3 Å². The van der Waals surface area contributed by atoms with Gasteiger partial charge in [-0.1, -0.05) is 19.4 Å². The maximum Gasteiger partial charge on any atom is 0.340 e. The number of para-hydroxylation sites is 1. The molecule has 0 atom stereocenters. The van der Waals surface area contributed by atoms with Crippen LogP contribution in [0.2, 0.25) is 0 Å². The minimum Gasteiger partial charge on any atom is -0.462 e. The van der Waals surface area contributed by atoms with E-state index in [9.17, 15) is 4.79 Å². The summed E-state index contributed by atoms with van der Waals surface area (Å²) in [6.07, 6.45) is 4.93. The van der Waals surface area contributed by atoms with E-state index in [0.717, 1.165) is 6.54 Å². The number of carbonyl (C=O) groups is 1. The summed E-state index contributed by atoms with van der Waals surface area (Å²) in [6, 6.07) is 5.35. The van der Waals surface area contributed by atoms with Crippen LogP contribution in [0.1, 0.15) is 49.9 Å². The number of nitrogens with one attached hydrogen (secondary N) is 1. The Balaban J connectivity index is 2.12. The van der Waals surface area contributed by atoms with Crippen molar-refractivity contribution in [3.8, 4) is 0 Å². The first-order chi connectivity index (χ1) is 9.62. The predicted molar refractivity (Wildman–Crippen MR) is 81.9 cm³/mol. The number of nitrogens with two attached hydrogens (primary N) is 1. The molecule has 0 amide bonds. The number of carbonyl (C=O) groups excluding carboxylic acids is 1. The lowest BCUT2D eigenvalue weighted by Crippen LogP contribution is -2.18. The molecule has 1 aromatic carbocycles. The van der Waals surface area contributed by atoms with E-state index >= 15 is 0 Å². The van der Waals surface area contributed by atoms with Crippen LogP contribution in [-0.4, -0.2) is 19.1 Å². The van der Waals surface area contributed by atoms with E-state index < -0.39 is 0 Å². The molecule has 4 nitrogen and oxygen atoms in total. The van der Waals surface area contributed by atoms with Crippen molar-refractivity contribution in [3.05, 3.63) is 23.8 Å². The first-order valence-electron chi connectivity index (χ1n) is 7.41. The van der Waals surface area contributed by atoms with Crippen molar-refractivity contribution in [2.75, 3.05) is 24.2 Å². The second-order valence-electron chi connectivity index (χ2n) is 5.59. The summed E-state index contributed by atoms with van der Waals surface area (Å²) in [4.78, 5) is 12.0. The summed E-state index contributed by atoms with van der Waals surface area (Å²) in [7, 11) is 0. The molecule has 4 heteroatoms. The molecule has 1 fully saturated rings. The molecule has 0 aromatic heterocycles. The van der Waals surface area contributed by atoms with Gasteiger partial charge in [-0.15, -0.1) is 0 Å². The van der Waals surface area contributed by atoms with Crippen molar-refractivity contribution in [2.45, 2.75) is 39.5 Å². The Labute approximate surface area is 120 Å². The van der Waals surface area contributed by atoms with Crippen molar-refractivity contribution in [3.63, 3.8) is 0 Å². The van der Waals surface area contributed by atoms with E-state index in [1.165, 1.54) is 25.7 Å². The van der Waals surface area contributed by atoms with Crippen molar-refractivity contribution in [1.82, 2.24) is 0 Å². The fourth-order valence-electron chi connectivity index (χ4n) is 2.64. The molecular formula is C16H24N2O2. The summed E-state index contributed by atoms with van der Waals surface area (Å²) in [6.45, 7) is 5.26. The summed E-state index contributed by atoms with van der Waals surface area (Å²) in [5.41, 5.74) is 8.26. The molecule has 20 heavy (non-hydrogen) atoms. The number of anilines is 2. The number of hydrogen-bond acceptors (Lipinski definition) is 4. The second-order valence-corrected chi connectivity index (χ2v) is 5.59. The monoisotopic (exact) mass is 276 g/mol. The molecule has 0 spiro atoms. The minimum absolute atomic E-state index is 0.317. The molecule has 0 aliphatic heterocycles. The average molecular weight is 276 g/mol. The second kappa shape index (κ2) is 6.16. The Hall–Kier alpha value is -1.71. The van der Waals surface area contributed by atoms with Crippen LogP contribution in [0, 0.1) is 5.41 Å². The molecule has 1 saturated carbocycles. The van der Waals surface area contributed by atoms with Gasteiger partial charge < -0.3 is 15.8 Å². The highest BCUT2D eigenvalue weighted by Gasteiger charge is 2.41. The van der Waals surface area contributed by atoms with Gasteiger partial charge in [0, 0.05) is 6.54 Å². The van der Waals surface area contributed by atoms with E-state index in [1.807, 2.05) is 6.07 Å². The summed E-state index contributed by atoms with van der Waals surface area (Å²) in [5.74, 6) is -0.317. The minimum atomic E-state index is -0.317. The van der Waals surface area contributed by atoms with Crippen LogP contribution in [0.25, 0.3) is 0 Å². The lowest BCUT2D eigenvalue weighted by molar-refractivity contribution is 0.0527. The normalized spacial score (nSPS) is 15.7. The Morgan fingerprint density at radius 3 is 2.75 bits per heavy atom. The Bertz CT molecular complexity index is 481. The van der Waals surface area contributed by atoms with Crippen molar-refractivity contribution in [1.29, 1.82) is 0 Å². The van der Waals surface area contributed by atoms with Gasteiger partial charge in [0.25, 0.3) is 0 Å². The highest BCUT2D eigenvalue weighted by Crippen LogP contribution is 2.49. The first kappa shape index (κ1) is 14.7. The third kappa shape index (κ3) is 3.24. The quantitative estimate of drug-likeness (QED) is 0.591. The predicted octanol–water partition coefficient (Wildman–Crippen LogP) is 3.44. The highest BCUT2D eigenvalue weighted by molar-refractivity contribution is 5.98. The van der Waals surface area contributed by atoms with Crippen LogP contribution in [0.4, 0.5) is 11.4 Å². The van der Waals surface area contributed by atoms with Crippen molar-refractivity contribution < 1.29 is 9.53 Å². The molecule has 0 saturated heterocycles. The van der Waals surface area contributed by atoms with Gasteiger partial charge in [-0.2, -0.15) is 0 Å². The molecule has 0 heterocycles. The third-order valence-corrected chi connectivity index (χ3v) is 3.97. The van der Waals surface area contributed by atoms with E-state index in [4.69, 9.17) is 10.5 Å². The van der Waals surface area contributed by atoms with E-state index in [2.05, 4.69) is 12.2 Å². The number of nitrogen functional groups attached to an aromatic ring is 1. The van der Waals surface area contributed by atoms with Crippen LogP contribution < -0.4 is 11.1 Å². The van der Waals surface area contributed by atoms with Crippen LogP contribution in [-0.2, 0) is 4.74 Å². The van der Waals surface area contributed by atoms with Gasteiger partial charge in [0.05, 0.1) is 23.5 Å². The molecule has 3 N–H and O–H groups in total. The van der Waals surface area contributed by atoms with Crippen LogP contribution in [0.5, 0.6) is 0 Å². The highest BCUT2D eigenvalue weighted by atomic mass is 16.5. The smallest absolute Gasteiger partial charge is 0.340 e. The topological polar surface area (TPSA) is 64.3 Å². The lowest BCUT2D eigenvalue weighted by Gasteiger charge is -2.19. The first-order valence-corrected chi connectivity index (χ1v) is 7.41. The molecule has 0 radical (unpaired) electrons. The molecule has 1 aromatic rings. The number of rotatable bonds is 7. The SMILES string of the molecule is CCCC1(CNc2c(N)cccc2C(=O)OCC)CC1. The van der Waals surface area contributed by atoms with E-state index in [0.29, 0.717) is 29.0 Å². The molecule has 1 aliphatic carbocycles. The number of hydrogen-bond donors (Lipinski definition) is 2. The van der Waals surface area contributed by atoms with Crippen LogP contribution in [0.3, 0.4) is 0 Å². The summed E-state index contributed by atoms with van der Waals surface area (Å²) >= 11 is 0. The maximum atomic E-state index is 12.0. The molecule has 0 unspecified atom stereocenters. The largest absolute Gasteiger partial charge is 0.462 e. The van der Waals surface area contributed by atoms with Crippen LogP contribution >= 0.6 is 0 Å². The van der Waals surface area contributed by atoms with Gasteiger partial charge in [-0.25, -0.2) is 4.79 Å². The zero-order chi connectivity index (χ0) is 14.6. The molecule has 1 aliphatic rings. The van der Waals surface area contributed by atoms with Gasteiger partial charge in [0.1, 0.15) is 0 Å². The number of benzene rings is 1. The van der Waals surface area contributed by atoms with Crippen LogP contribution in [0.15, 0.2) is 18.2 Å². The third-order valence-electron chi connectivity index (χ3n) is 3.97. The Morgan fingerprint density at radius 2 is 2.15 bits per heavy atom.